The summed E-state index contributed by atoms with van der Waals surface area (Å²) < 4.78 is 0. The van der Waals surface area contributed by atoms with E-state index in [1.165, 1.54) is 21.6 Å². The molecule has 7 heteroatoms. The smallest absolute Gasteiger partial charge is 0.305 e. The molecule has 0 saturated carbocycles. The molecule has 1 N–H and O–H groups in total. The summed E-state index contributed by atoms with van der Waals surface area (Å²) in [7, 11) is 0. The molecule has 1 heterocycles. The van der Waals surface area contributed by atoms with Crippen molar-refractivity contribution >= 4 is 29.5 Å². The number of thioether (sulfide) groups is 1. The monoisotopic (exact) mass is 260 g/mol. The summed E-state index contributed by atoms with van der Waals surface area (Å²) in [6, 6.07) is 0. The molecule has 0 unspecified atom stereocenters. The predicted molar refractivity (Wildman–Crippen MR) is 63.5 cm³/mol. The van der Waals surface area contributed by atoms with Gasteiger partial charge in [0.05, 0.1) is 18.1 Å². The fourth-order valence-electron chi connectivity index (χ4n) is 1.49. The molecule has 0 radical (unpaired) electrons. The van der Waals surface area contributed by atoms with Crippen LogP contribution in [0.3, 0.4) is 0 Å². The second-order valence-electron chi connectivity index (χ2n) is 3.69. The van der Waals surface area contributed by atoms with E-state index in [1.54, 1.807) is 6.92 Å². The minimum atomic E-state index is -0.927. The lowest BCUT2D eigenvalue weighted by Crippen LogP contribution is -2.41. The second-order valence-corrected chi connectivity index (χ2v) is 4.64. The quantitative estimate of drug-likeness (QED) is 0.718. The van der Waals surface area contributed by atoms with Gasteiger partial charge in [0.15, 0.2) is 0 Å². The molecule has 1 rings (SSSR count). The van der Waals surface area contributed by atoms with E-state index in [9.17, 15) is 14.4 Å². The number of carboxylic acids is 1. The molecule has 0 aromatic heterocycles. The van der Waals surface area contributed by atoms with Crippen LogP contribution in [0.4, 0.5) is 0 Å². The van der Waals surface area contributed by atoms with Crippen LogP contribution in [0, 0.1) is 0 Å². The molecule has 0 aromatic carbocycles. The minimum Gasteiger partial charge on any atom is -0.481 e. The van der Waals surface area contributed by atoms with Crippen molar-refractivity contribution in [2.45, 2.75) is 13.3 Å². The van der Waals surface area contributed by atoms with Gasteiger partial charge in [-0.05, 0) is 6.92 Å². The van der Waals surface area contributed by atoms with E-state index in [2.05, 4.69) is 0 Å². The molecule has 1 saturated heterocycles. The number of carbonyl (C=O) groups is 3. The average Bonchev–Trinajstić information content (AvgIpc) is 2.65. The maximum Gasteiger partial charge on any atom is 0.305 e. The molecule has 0 spiro atoms. The van der Waals surface area contributed by atoms with Gasteiger partial charge in [0.2, 0.25) is 11.8 Å². The summed E-state index contributed by atoms with van der Waals surface area (Å²) in [5.41, 5.74) is 0. The first-order valence-electron chi connectivity index (χ1n) is 5.39. The highest BCUT2D eigenvalue weighted by atomic mass is 32.2. The third-order valence-corrected chi connectivity index (χ3v) is 3.43. The van der Waals surface area contributed by atoms with Gasteiger partial charge in [-0.15, -0.1) is 11.8 Å². The van der Waals surface area contributed by atoms with Crippen molar-refractivity contribution in [3.05, 3.63) is 0 Å². The van der Waals surface area contributed by atoms with E-state index in [4.69, 9.17) is 5.11 Å². The lowest BCUT2D eigenvalue weighted by molar-refractivity contribution is -0.140. The molecule has 1 aliphatic rings. The number of hydrogen-bond donors (Lipinski definition) is 1. The number of nitrogens with zero attached hydrogens (tertiary/aromatic N) is 2. The number of carbonyl (C=O) groups excluding carboxylic acids is 2. The van der Waals surface area contributed by atoms with Crippen molar-refractivity contribution < 1.29 is 19.5 Å². The third kappa shape index (κ3) is 4.26. The van der Waals surface area contributed by atoms with E-state index >= 15 is 0 Å². The fraction of sp³-hybridized carbons (Fsp3) is 0.700. The first kappa shape index (κ1) is 13.8. The fourth-order valence-corrected chi connectivity index (χ4v) is 2.40. The Bertz CT molecular complexity index is 321. The standard InChI is InChI=1S/C10H16N2O4S/c1-2-11(4-3-10(15)16)8(13)5-12-7-17-6-9(12)14/h2-7H2,1H3,(H,15,16). The molecular formula is C10H16N2O4S. The molecule has 2 amide bonds. The molecule has 1 fully saturated rings. The Morgan fingerprint density at radius 3 is 2.71 bits per heavy atom. The number of amides is 2. The van der Waals surface area contributed by atoms with Gasteiger partial charge >= 0.3 is 5.97 Å². The Morgan fingerprint density at radius 2 is 2.24 bits per heavy atom. The lowest BCUT2D eigenvalue weighted by atomic mass is 10.3. The summed E-state index contributed by atoms with van der Waals surface area (Å²) >= 11 is 1.48. The lowest BCUT2D eigenvalue weighted by Gasteiger charge is -2.23. The zero-order valence-electron chi connectivity index (χ0n) is 9.72. The van der Waals surface area contributed by atoms with Crippen molar-refractivity contribution in [3.63, 3.8) is 0 Å². The highest BCUT2D eigenvalue weighted by Crippen LogP contribution is 2.14. The normalized spacial score (nSPS) is 15.1. The minimum absolute atomic E-state index is 0.0300. The average molecular weight is 260 g/mol. The van der Waals surface area contributed by atoms with Gasteiger partial charge in [0.1, 0.15) is 6.54 Å². The number of carboxylic acid groups (broad SMARTS) is 1. The van der Waals surface area contributed by atoms with Gasteiger partial charge in [-0.3, -0.25) is 14.4 Å². The van der Waals surface area contributed by atoms with Crippen molar-refractivity contribution in [2.75, 3.05) is 31.3 Å². The van der Waals surface area contributed by atoms with Crippen molar-refractivity contribution in [3.8, 4) is 0 Å². The molecule has 1 aliphatic heterocycles. The Balaban J connectivity index is 2.42. The summed E-state index contributed by atoms with van der Waals surface area (Å²) in [5, 5.41) is 8.56. The number of hydrogen-bond acceptors (Lipinski definition) is 4. The summed E-state index contributed by atoms with van der Waals surface area (Å²) in [4.78, 5) is 36.5. The van der Waals surface area contributed by atoms with Gasteiger partial charge in [-0.2, -0.15) is 0 Å². The first-order valence-corrected chi connectivity index (χ1v) is 6.55. The van der Waals surface area contributed by atoms with E-state index in [0.717, 1.165) is 0 Å². The Labute approximate surface area is 104 Å². The molecule has 96 valence electrons. The molecular weight excluding hydrogens is 244 g/mol. The SMILES string of the molecule is CCN(CCC(=O)O)C(=O)CN1CSCC1=O. The third-order valence-electron chi connectivity index (χ3n) is 2.48. The molecule has 0 bridgehead atoms. The second kappa shape index (κ2) is 6.48. The van der Waals surface area contributed by atoms with Crippen molar-refractivity contribution in [1.82, 2.24) is 9.80 Å². The van der Waals surface area contributed by atoms with Crippen LogP contribution in [0.1, 0.15) is 13.3 Å². The topological polar surface area (TPSA) is 77.9 Å². The molecule has 0 aromatic rings. The molecule has 0 atom stereocenters. The van der Waals surface area contributed by atoms with Crippen LogP contribution in [-0.4, -0.2) is 64.0 Å². The Kier molecular flexibility index (Phi) is 5.27. The van der Waals surface area contributed by atoms with Crippen LogP contribution in [0.25, 0.3) is 0 Å². The summed E-state index contributed by atoms with van der Waals surface area (Å²) in [6.07, 6.45) is -0.0672. The van der Waals surface area contributed by atoms with Crippen LogP contribution in [-0.2, 0) is 14.4 Å². The van der Waals surface area contributed by atoms with E-state index in [-0.39, 0.29) is 31.3 Å². The maximum absolute atomic E-state index is 11.8. The zero-order chi connectivity index (χ0) is 12.8. The molecule has 0 aliphatic carbocycles. The number of rotatable bonds is 6. The highest BCUT2D eigenvalue weighted by molar-refractivity contribution is 8.00. The highest BCUT2D eigenvalue weighted by Gasteiger charge is 2.24. The first-order chi connectivity index (χ1) is 8.04. The largest absolute Gasteiger partial charge is 0.481 e. The number of aliphatic carboxylic acids is 1. The summed E-state index contributed by atoms with van der Waals surface area (Å²) in [6.45, 7) is 2.50. The zero-order valence-corrected chi connectivity index (χ0v) is 10.5. The Hall–Kier alpha value is -1.24. The van der Waals surface area contributed by atoms with E-state index < -0.39 is 5.97 Å². The van der Waals surface area contributed by atoms with E-state index in [1.807, 2.05) is 0 Å². The van der Waals surface area contributed by atoms with Gasteiger partial charge in [-0.25, -0.2) is 0 Å². The molecule has 17 heavy (non-hydrogen) atoms. The van der Waals surface area contributed by atoms with E-state index in [0.29, 0.717) is 18.2 Å². The number of likely N-dealkylation sites (N-methyl/N-ethyl adjacent to an activating group) is 1. The van der Waals surface area contributed by atoms with Crippen LogP contribution >= 0.6 is 11.8 Å². The molecule has 6 nitrogen and oxygen atoms in total. The maximum atomic E-state index is 11.8. The van der Waals surface area contributed by atoms with Gasteiger partial charge in [0.25, 0.3) is 0 Å². The van der Waals surface area contributed by atoms with Crippen LogP contribution in [0.5, 0.6) is 0 Å². The Morgan fingerprint density at radius 1 is 1.53 bits per heavy atom. The van der Waals surface area contributed by atoms with Crippen LogP contribution < -0.4 is 0 Å². The van der Waals surface area contributed by atoms with Gasteiger partial charge < -0.3 is 14.9 Å². The van der Waals surface area contributed by atoms with Crippen molar-refractivity contribution in [2.24, 2.45) is 0 Å². The van der Waals surface area contributed by atoms with Gasteiger partial charge in [-0.1, -0.05) is 0 Å². The summed E-state index contributed by atoms with van der Waals surface area (Å²) in [5.74, 6) is -0.179. The van der Waals surface area contributed by atoms with Crippen LogP contribution in [0.2, 0.25) is 0 Å². The predicted octanol–water partition coefficient (Wildman–Crippen LogP) is -0.157. The van der Waals surface area contributed by atoms with Crippen molar-refractivity contribution in [1.29, 1.82) is 0 Å². The van der Waals surface area contributed by atoms with Gasteiger partial charge in [0, 0.05) is 13.1 Å². The van der Waals surface area contributed by atoms with Crippen LogP contribution in [0.15, 0.2) is 0 Å².